The topological polar surface area (TPSA) is 77.5 Å². The smallest absolute Gasteiger partial charge is 0.190 e. The highest BCUT2D eigenvalue weighted by Crippen LogP contribution is 2.30. The molecule has 0 radical (unpaired) electrons. The van der Waals surface area contributed by atoms with Gasteiger partial charge in [0, 0.05) is 57.7 Å². The van der Waals surface area contributed by atoms with Gasteiger partial charge >= 0.3 is 0 Å². The number of hydrogen-bond donors (Lipinski definition) is 1. The van der Waals surface area contributed by atoms with Gasteiger partial charge in [-0.1, -0.05) is 11.3 Å². The monoisotopic (exact) mass is 509 g/mol. The third kappa shape index (κ3) is 5.48. The fraction of sp³-hybridized carbons (Fsp3) is 0.280. The van der Waals surface area contributed by atoms with E-state index in [-0.39, 0.29) is 0 Å². The highest BCUT2D eigenvalue weighted by molar-refractivity contribution is 7.21. The van der Waals surface area contributed by atoms with Gasteiger partial charge < -0.3 is 15.0 Å². The van der Waals surface area contributed by atoms with Gasteiger partial charge in [0.2, 0.25) is 0 Å². The summed E-state index contributed by atoms with van der Waals surface area (Å²) in [7, 11) is 1.75. The maximum Gasteiger partial charge on any atom is 0.190 e. The van der Waals surface area contributed by atoms with E-state index in [1.54, 1.807) is 24.2 Å². The molecule has 11 heteroatoms. The molecule has 1 aliphatic heterocycles. The zero-order chi connectivity index (χ0) is 25.1. The molecule has 4 heterocycles. The number of anilines is 4. The van der Waals surface area contributed by atoms with Crippen molar-refractivity contribution in [3.05, 3.63) is 65.9 Å². The van der Waals surface area contributed by atoms with Crippen molar-refractivity contribution in [3.63, 3.8) is 0 Å². The first-order valence-electron chi connectivity index (χ1n) is 11.5. The van der Waals surface area contributed by atoms with Crippen LogP contribution in [0.5, 0.6) is 0 Å². The molecule has 5 rings (SSSR count). The van der Waals surface area contributed by atoms with Gasteiger partial charge in [0.25, 0.3) is 0 Å². The molecule has 0 atom stereocenters. The van der Waals surface area contributed by atoms with Crippen molar-refractivity contribution in [1.29, 1.82) is 0 Å². The van der Waals surface area contributed by atoms with Crippen LogP contribution in [0.15, 0.2) is 48.7 Å². The molecule has 0 spiro atoms. The van der Waals surface area contributed by atoms with Crippen LogP contribution in [-0.4, -0.2) is 70.8 Å². The van der Waals surface area contributed by atoms with Crippen LogP contribution < -0.4 is 10.2 Å². The molecule has 0 bridgehead atoms. The zero-order valence-corrected chi connectivity index (χ0v) is 20.5. The van der Waals surface area contributed by atoms with E-state index in [2.05, 4.69) is 30.1 Å². The van der Waals surface area contributed by atoms with Crippen molar-refractivity contribution in [2.75, 3.05) is 50.0 Å². The summed E-state index contributed by atoms with van der Waals surface area (Å²) in [5.41, 5.74) is 2.37. The summed E-state index contributed by atoms with van der Waals surface area (Å²) >= 11 is 1.39. The molecule has 8 nitrogen and oxygen atoms in total. The number of aldehydes is 1. The molecule has 0 aliphatic carbocycles. The van der Waals surface area contributed by atoms with E-state index < -0.39 is 11.6 Å². The Hall–Kier alpha value is -3.54. The lowest BCUT2D eigenvalue weighted by Gasteiger charge is -2.33. The average Bonchev–Trinajstić information content (AvgIpc) is 3.28. The van der Waals surface area contributed by atoms with Gasteiger partial charge in [-0.15, -0.1) is 0 Å². The molecule has 36 heavy (non-hydrogen) atoms. The minimum absolute atomic E-state index is 0.495. The largest absolute Gasteiger partial charge is 0.329 e. The average molecular weight is 510 g/mol. The Balaban J connectivity index is 1.26. The minimum atomic E-state index is -0.903. The number of pyridine rings is 2. The number of carbonyl (C=O) groups excluding carboxylic acids is 1. The second-order valence-corrected chi connectivity index (χ2v) is 9.57. The standard InChI is InChI=1S/C25H25F2N7OS/c1-32(18-2-3-19(26)20(27)15-18)23-5-4-21-24(31-23)36-25(29-21)30-22-14-17(6-7-28-22)16-34-10-8-33(9-11-34)12-13-35/h2-7,13-15H,8-12,16H2,1H3,(H,28,29,30). The number of rotatable bonds is 8. The summed E-state index contributed by atoms with van der Waals surface area (Å²) < 4.78 is 27.0. The van der Waals surface area contributed by atoms with Gasteiger partial charge in [0.1, 0.15) is 28.3 Å². The van der Waals surface area contributed by atoms with Crippen LogP contribution in [0.3, 0.4) is 0 Å². The fourth-order valence-electron chi connectivity index (χ4n) is 4.12. The lowest BCUT2D eigenvalue weighted by molar-refractivity contribution is -0.109. The maximum atomic E-state index is 13.7. The van der Waals surface area contributed by atoms with E-state index in [9.17, 15) is 13.6 Å². The van der Waals surface area contributed by atoms with Crippen molar-refractivity contribution < 1.29 is 13.6 Å². The van der Waals surface area contributed by atoms with Crippen molar-refractivity contribution in [1.82, 2.24) is 24.8 Å². The summed E-state index contributed by atoms with van der Waals surface area (Å²) in [4.78, 5) is 31.3. The number of nitrogens with zero attached hydrogens (tertiary/aromatic N) is 6. The van der Waals surface area contributed by atoms with Crippen LogP contribution in [-0.2, 0) is 11.3 Å². The molecule has 1 aliphatic rings. The molecule has 4 aromatic rings. The molecule has 0 amide bonds. The summed E-state index contributed by atoms with van der Waals surface area (Å²) in [6.45, 7) is 4.93. The van der Waals surface area contributed by atoms with Crippen molar-refractivity contribution >= 4 is 50.4 Å². The Morgan fingerprint density at radius 2 is 1.83 bits per heavy atom. The van der Waals surface area contributed by atoms with E-state index in [1.807, 2.05) is 18.2 Å². The number of thiazole rings is 1. The molecule has 186 valence electrons. The molecule has 0 saturated carbocycles. The molecule has 1 N–H and O–H groups in total. The Morgan fingerprint density at radius 3 is 2.61 bits per heavy atom. The summed E-state index contributed by atoms with van der Waals surface area (Å²) in [6, 6.07) is 11.4. The third-order valence-electron chi connectivity index (χ3n) is 6.14. The molecule has 1 aromatic carbocycles. The quantitative estimate of drug-likeness (QED) is 0.355. The summed E-state index contributed by atoms with van der Waals surface area (Å²) in [5, 5.41) is 3.94. The van der Waals surface area contributed by atoms with Gasteiger partial charge in [0.05, 0.1) is 6.54 Å². The SMILES string of the molecule is CN(c1ccc(F)c(F)c1)c1ccc2nc(Nc3cc(CN4CCN(CC=O)CC4)ccn3)sc2n1. The normalized spacial score (nSPS) is 14.8. The number of hydrogen-bond acceptors (Lipinski definition) is 9. The molecule has 3 aromatic heterocycles. The zero-order valence-electron chi connectivity index (χ0n) is 19.7. The lowest BCUT2D eigenvalue weighted by atomic mass is 10.2. The van der Waals surface area contributed by atoms with Gasteiger partial charge in [0.15, 0.2) is 16.8 Å². The van der Waals surface area contributed by atoms with Gasteiger partial charge in [-0.25, -0.2) is 23.7 Å². The number of nitrogens with one attached hydrogen (secondary N) is 1. The first kappa shape index (κ1) is 24.2. The Bertz CT molecular complexity index is 1370. The van der Waals surface area contributed by atoms with Crippen LogP contribution in [0.2, 0.25) is 0 Å². The summed E-state index contributed by atoms with van der Waals surface area (Å²) in [6.07, 6.45) is 2.74. The second kappa shape index (κ2) is 10.6. The number of fused-ring (bicyclic) bond motifs is 1. The minimum Gasteiger partial charge on any atom is -0.329 e. The van der Waals surface area contributed by atoms with Crippen molar-refractivity contribution in [3.8, 4) is 0 Å². The summed E-state index contributed by atoms with van der Waals surface area (Å²) in [5.74, 6) is -0.495. The van der Waals surface area contributed by atoms with E-state index in [1.165, 1.54) is 17.4 Å². The molecular formula is C25H25F2N7OS. The van der Waals surface area contributed by atoms with E-state index in [0.717, 1.165) is 62.2 Å². The number of carbonyl (C=O) groups is 1. The molecule has 1 saturated heterocycles. The lowest BCUT2D eigenvalue weighted by Crippen LogP contribution is -2.46. The van der Waals surface area contributed by atoms with Crippen LogP contribution in [0.1, 0.15) is 5.56 Å². The van der Waals surface area contributed by atoms with Crippen molar-refractivity contribution in [2.24, 2.45) is 0 Å². The fourth-order valence-corrected chi connectivity index (χ4v) is 4.96. The first-order chi connectivity index (χ1) is 17.5. The van der Waals surface area contributed by atoms with E-state index >= 15 is 0 Å². The second-order valence-electron chi connectivity index (χ2n) is 8.59. The predicted molar refractivity (Wildman–Crippen MR) is 137 cm³/mol. The number of piperazine rings is 1. The number of benzene rings is 1. The van der Waals surface area contributed by atoms with Gasteiger partial charge in [-0.2, -0.15) is 0 Å². The maximum absolute atomic E-state index is 13.7. The molecular weight excluding hydrogens is 484 g/mol. The number of halogens is 2. The molecule has 0 unspecified atom stereocenters. The van der Waals surface area contributed by atoms with Crippen LogP contribution >= 0.6 is 11.3 Å². The van der Waals surface area contributed by atoms with Crippen LogP contribution in [0, 0.1) is 11.6 Å². The Morgan fingerprint density at radius 1 is 1.03 bits per heavy atom. The van der Waals surface area contributed by atoms with Gasteiger partial charge in [-0.3, -0.25) is 9.80 Å². The Labute approximate surface area is 211 Å². The highest BCUT2D eigenvalue weighted by Gasteiger charge is 2.17. The highest BCUT2D eigenvalue weighted by atomic mass is 32.1. The predicted octanol–water partition coefficient (Wildman–Crippen LogP) is 4.19. The first-order valence-corrected chi connectivity index (χ1v) is 12.4. The number of aromatic nitrogens is 3. The van der Waals surface area contributed by atoms with E-state index in [0.29, 0.717) is 33.8 Å². The van der Waals surface area contributed by atoms with Crippen molar-refractivity contribution in [2.45, 2.75) is 6.54 Å². The molecule has 1 fully saturated rings. The van der Waals surface area contributed by atoms with Gasteiger partial charge in [-0.05, 0) is 42.0 Å². The Kier molecular flexibility index (Phi) is 7.12. The van der Waals surface area contributed by atoms with Crippen LogP contribution in [0.4, 0.5) is 31.2 Å². The van der Waals surface area contributed by atoms with E-state index in [4.69, 9.17) is 0 Å². The van der Waals surface area contributed by atoms with Crippen LogP contribution in [0.25, 0.3) is 10.3 Å². The third-order valence-corrected chi connectivity index (χ3v) is 7.02.